The lowest BCUT2D eigenvalue weighted by Gasteiger charge is -2.31. The Labute approximate surface area is 222 Å². The van der Waals surface area contributed by atoms with Gasteiger partial charge in [0.1, 0.15) is 17.3 Å². The number of nitrogens with one attached hydrogen (secondary N) is 1. The Morgan fingerprint density at radius 2 is 1.71 bits per heavy atom. The number of carbonyl (C=O) groups excluding carboxylic acids is 1. The molecule has 198 valence electrons. The first-order valence-electron chi connectivity index (χ1n) is 12.7. The highest BCUT2D eigenvalue weighted by Crippen LogP contribution is 2.28. The van der Waals surface area contributed by atoms with Crippen LogP contribution in [0.5, 0.6) is 11.5 Å². The average molecular weight is 515 g/mol. The van der Waals surface area contributed by atoms with E-state index in [0.29, 0.717) is 52.1 Å². The number of para-hydroxylation sites is 3. The highest BCUT2D eigenvalue weighted by molar-refractivity contribution is 5.90. The summed E-state index contributed by atoms with van der Waals surface area (Å²) in [6, 6.07) is 20.9. The summed E-state index contributed by atoms with van der Waals surface area (Å²) in [5.74, 6) is 2.00. The fraction of sp³-hybridized carbons (Fsp3) is 0.300. The molecule has 38 heavy (non-hydrogen) atoms. The summed E-state index contributed by atoms with van der Waals surface area (Å²) in [5, 5.41) is 3.48. The molecule has 0 fully saturated rings. The molecule has 0 aliphatic rings. The molecule has 1 atom stereocenters. The summed E-state index contributed by atoms with van der Waals surface area (Å²) in [5.41, 5.74) is 1.53. The molecule has 1 aromatic heterocycles. The quantitative estimate of drug-likeness (QED) is 0.294. The van der Waals surface area contributed by atoms with E-state index in [1.54, 1.807) is 41.9 Å². The third-order valence-corrected chi connectivity index (χ3v) is 6.50. The van der Waals surface area contributed by atoms with Crippen molar-refractivity contribution in [3.8, 4) is 17.2 Å². The second-order valence-electron chi connectivity index (χ2n) is 9.51. The van der Waals surface area contributed by atoms with Gasteiger partial charge in [-0.05, 0) is 55.7 Å². The minimum atomic E-state index is -0.540. The maximum Gasteiger partial charge on any atom is 0.322 e. The van der Waals surface area contributed by atoms with E-state index in [2.05, 4.69) is 19.2 Å². The fourth-order valence-corrected chi connectivity index (χ4v) is 4.38. The van der Waals surface area contributed by atoms with Crippen molar-refractivity contribution in [2.75, 3.05) is 26.1 Å². The SMILES string of the molecule is COc1cccc(NC(=O)N(CCC(C)C)C(C)c2nc3ccccc3c(=O)n2-c2ccccc2OC)c1. The number of benzene rings is 3. The van der Waals surface area contributed by atoms with Crippen LogP contribution in [-0.2, 0) is 0 Å². The van der Waals surface area contributed by atoms with E-state index in [-0.39, 0.29) is 11.6 Å². The van der Waals surface area contributed by atoms with Gasteiger partial charge in [-0.2, -0.15) is 0 Å². The number of carbonyl (C=O) groups is 1. The molecule has 0 radical (unpaired) electrons. The molecule has 1 unspecified atom stereocenters. The van der Waals surface area contributed by atoms with Crippen molar-refractivity contribution >= 4 is 22.6 Å². The number of anilines is 1. The monoisotopic (exact) mass is 514 g/mol. The molecule has 3 aromatic carbocycles. The largest absolute Gasteiger partial charge is 0.497 e. The molecule has 1 N–H and O–H groups in total. The van der Waals surface area contributed by atoms with Gasteiger partial charge in [0.05, 0.1) is 36.9 Å². The molecule has 8 nitrogen and oxygen atoms in total. The van der Waals surface area contributed by atoms with E-state index >= 15 is 0 Å². The van der Waals surface area contributed by atoms with Crippen molar-refractivity contribution in [2.45, 2.75) is 33.2 Å². The number of urea groups is 1. The van der Waals surface area contributed by atoms with E-state index in [9.17, 15) is 9.59 Å². The number of hydrogen-bond acceptors (Lipinski definition) is 5. The Bertz CT molecular complexity index is 1480. The van der Waals surface area contributed by atoms with Crippen LogP contribution in [0.2, 0.25) is 0 Å². The van der Waals surface area contributed by atoms with Gasteiger partial charge in [0.25, 0.3) is 5.56 Å². The number of fused-ring (bicyclic) bond motifs is 1. The number of methoxy groups -OCH3 is 2. The standard InChI is InChI=1S/C30H34N4O4/c1-20(2)17-18-33(30(36)31-22-11-10-12-23(19-22)37-4)21(3)28-32-25-14-7-6-13-24(25)29(35)34(28)26-15-8-9-16-27(26)38-5/h6-16,19-21H,17-18H2,1-5H3,(H,31,36). The topological polar surface area (TPSA) is 85.7 Å². The van der Waals surface area contributed by atoms with Gasteiger partial charge in [-0.1, -0.05) is 44.2 Å². The van der Waals surface area contributed by atoms with Crippen LogP contribution < -0.4 is 20.3 Å². The summed E-state index contributed by atoms with van der Waals surface area (Å²) in [6.07, 6.45) is 0.780. The van der Waals surface area contributed by atoms with E-state index in [0.717, 1.165) is 6.42 Å². The number of rotatable bonds is 9. The normalized spacial score (nSPS) is 11.8. The molecular formula is C30H34N4O4. The Kier molecular flexibility index (Phi) is 8.31. The number of ether oxygens (including phenoxy) is 2. The third-order valence-electron chi connectivity index (χ3n) is 6.50. The van der Waals surface area contributed by atoms with Crippen LogP contribution >= 0.6 is 0 Å². The van der Waals surface area contributed by atoms with Crippen molar-refractivity contribution in [1.82, 2.24) is 14.5 Å². The van der Waals surface area contributed by atoms with Gasteiger partial charge in [-0.3, -0.25) is 9.36 Å². The van der Waals surface area contributed by atoms with E-state index in [1.165, 1.54) is 0 Å². The maximum absolute atomic E-state index is 13.9. The first kappa shape index (κ1) is 26.7. The molecule has 4 aromatic rings. The minimum absolute atomic E-state index is 0.223. The molecule has 4 rings (SSSR count). The van der Waals surface area contributed by atoms with Crippen molar-refractivity contribution < 1.29 is 14.3 Å². The smallest absolute Gasteiger partial charge is 0.322 e. The Balaban J connectivity index is 1.85. The van der Waals surface area contributed by atoms with Gasteiger partial charge >= 0.3 is 6.03 Å². The number of amides is 2. The molecule has 0 saturated heterocycles. The highest BCUT2D eigenvalue weighted by Gasteiger charge is 2.28. The van der Waals surface area contributed by atoms with Gasteiger partial charge in [0.15, 0.2) is 0 Å². The summed E-state index contributed by atoms with van der Waals surface area (Å²) >= 11 is 0. The molecule has 1 heterocycles. The highest BCUT2D eigenvalue weighted by atomic mass is 16.5. The van der Waals surface area contributed by atoms with Crippen LogP contribution in [-0.4, -0.2) is 41.2 Å². The van der Waals surface area contributed by atoms with Crippen molar-refractivity contribution in [3.63, 3.8) is 0 Å². The van der Waals surface area contributed by atoms with Crippen molar-refractivity contribution in [2.24, 2.45) is 5.92 Å². The fourth-order valence-electron chi connectivity index (χ4n) is 4.38. The number of nitrogens with zero attached hydrogens (tertiary/aromatic N) is 3. The zero-order valence-corrected chi connectivity index (χ0v) is 22.5. The number of aromatic nitrogens is 2. The zero-order valence-electron chi connectivity index (χ0n) is 22.5. The van der Waals surface area contributed by atoms with Crippen LogP contribution in [0.4, 0.5) is 10.5 Å². The Hall–Kier alpha value is -4.33. The molecule has 0 saturated carbocycles. The van der Waals surface area contributed by atoms with E-state index in [1.807, 2.05) is 61.5 Å². The molecule has 0 bridgehead atoms. The number of hydrogen-bond donors (Lipinski definition) is 1. The predicted molar refractivity (Wildman–Crippen MR) is 150 cm³/mol. The second kappa shape index (κ2) is 11.8. The first-order chi connectivity index (χ1) is 18.3. The predicted octanol–water partition coefficient (Wildman–Crippen LogP) is 6.04. The van der Waals surface area contributed by atoms with E-state index < -0.39 is 6.04 Å². The third kappa shape index (κ3) is 5.64. The maximum atomic E-state index is 13.9. The lowest BCUT2D eigenvalue weighted by atomic mass is 10.1. The Morgan fingerprint density at radius 3 is 2.45 bits per heavy atom. The van der Waals surface area contributed by atoms with Gasteiger partial charge in [-0.25, -0.2) is 9.78 Å². The van der Waals surface area contributed by atoms with Gasteiger partial charge in [0.2, 0.25) is 0 Å². The lowest BCUT2D eigenvalue weighted by molar-refractivity contribution is 0.185. The second-order valence-corrected chi connectivity index (χ2v) is 9.51. The Morgan fingerprint density at radius 1 is 0.974 bits per heavy atom. The summed E-state index contributed by atoms with van der Waals surface area (Å²) in [4.78, 5) is 34.2. The van der Waals surface area contributed by atoms with Gasteiger partial charge in [-0.15, -0.1) is 0 Å². The van der Waals surface area contributed by atoms with Crippen molar-refractivity contribution in [3.05, 3.63) is 89.0 Å². The van der Waals surface area contributed by atoms with Gasteiger partial charge in [0, 0.05) is 18.3 Å². The molecule has 0 aliphatic carbocycles. The summed E-state index contributed by atoms with van der Waals surface area (Å²) in [7, 11) is 3.15. The zero-order chi connectivity index (χ0) is 27.2. The van der Waals surface area contributed by atoms with Crippen LogP contribution in [0.1, 0.15) is 39.1 Å². The molecule has 0 aliphatic heterocycles. The van der Waals surface area contributed by atoms with Crippen molar-refractivity contribution in [1.29, 1.82) is 0 Å². The van der Waals surface area contributed by atoms with Gasteiger partial charge < -0.3 is 19.7 Å². The van der Waals surface area contributed by atoms with Crippen LogP contribution in [0.25, 0.3) is 16.6 Å². The average Bonchev–Trinajstić information content (AvgIpc) is 2.93. The van der Waals surface area contributed by atoms with Crippen LogP contribution in [0.15, 0.2) is 77.6 Å². The van der Waals surface area contributed by atoms with Crippen LogP contribution in [0.3, 0.4) is 0 Å². The van der Waals surface area contributed by atoms with Crippen LogP contribution in [0, 0.1) is 5.92 Å². The first-order valence-corrected chi connectivity index (χ1v) is 12.7. The molecule has 2 amide bonds. The molecule has 8 heteroatoms. The molecular weight excluding hydrogens is 480 g/mol. The summed E-state index contributed by atoms with van der Waals surface area (Å²) < 4.78 is 12.5. The minimum Gasteiger partial charge on any atom is -0.497 e. The summed E-state index contributed by atoms with van der Waals surface area (Å²) in [6.45, 7) is 6.60. The molecule has 0 spiro atoms. The lowest BCUT2D eigenvalue weighted by Crippen LogP contribution is -2.40. The van der Waals surface area contributed by atoms with E-state index in [4.69, 9.17) is 14.5 Å².